The highest BCUT2D eigenvalue weighted by atomic mass is 32.2. The number of phenols is 1. The number of nitrogens with zero attached hydrogens (tertiary/aromatic N) is 1. The molecule has 2 atom stereocenters. The lowest BCUT2D eigenvalue weighted by molar-refractivity contribution is 0.0662. The summed E-state index contributed by atoms with van der Waals surface area (Å²) < 4.78 is 35.9. The summed E-state index contributed by atoms with van der Waals surface area (Å²) in [6, 6.07) is 8.36. The molecule has 1 saturated heterocycles. The van der Waals surface area contributed by atoms with E-state index < -0.39 is 27.8 Å². The normalized spacial score (nSPS) is 21.5. The predicted molar refractivity (Wildman–Crippen MR) is 122 cm³/mol. The van der Waals surface area contributed by atoms with Gasteiger partial charge in [-0.3, -0.25) is 9.59 Å². The molecule has 3 heterocycles. The summed E-state index contributed by atoms with van der Waals surface area (Å²) in [5.74, 6) is -0.629. The van der Waals surface area contributed by atoms with Crippen LogP contribution >= 0.6 is 0 Å². The lowest BCUT2D eigenvalue weighted by atomic mass is 9.97. The van der Waals surface area contributed by atoms with E-state index in [0.717, 1.165) is 5.56 Å². The SMILES string of the molecule is CCOc1cc(C2c3c(oc4ccc(C)cc4c3=O)C(=O)N2C2CCS(=O)(=O)C2)ccc1O. The Morgan fingerprint density at radius 2 is 1.97 bits per heavy atom. The fraction of sp³-hybridized carbons (Fsp3) is 0.333. The molecule has 0 radical (unpaired) electrons. The van der Waals surface area contributed by atoms with Gasteiger partial charge in [0.25, 0.3) is 5.91 Å². The molecule has 1 N–H and O–H groups in total. The molecule has 9 heteroatoms. The smallest absolute Gasteiger partial charge is 0.291 e. The number of aryl methyl sites for hydroxylation is 1. The first-order valence-electron chi connectivity index (χ1n) is 10.8. The van der Waals surface area contributed by atoms with Crippen LogP contribution < -0.4 is 10.2 Å². The summed E-state index contributed by atoms with van der Waals surface area (Å²) in [5, 5.41) is 10.5. The van der Waals surface area contributed by atoms with E-state index in [9.17, 15) is 23.1 Å². The molecule has 0 saturated carbocycles. The minimum absolute atomic E-state index is 0.0210. The van der Waals surface area contributed by atoms with E-state index >= 15 is 0 Å². The van der Waals surface area contributed by atoms with Crippen LogP contribution in [-0.4, -0.2) is 48.5 Å². The van der Waals surface area contributed by atoms with Crippen molar-refractivity contribution in [1.29, 1.82) is 0 Å². The van der Waals surface area contributed by atoms with Gasteiger partial charge in [-0.05, 0) is 50.1 Å². The number of carbonyl (C=O) groups excluding carboxylic acids is 1. The largest absolute Gasteiger partial charge is 0.504 e. The van der Waals surface area contributed by atoms with Gasteiger partial charge in [0.15, 0.2) is 26.8 Å². The molecule has 2 aromatic carbocycles. The van der Waals surface area contributed by atoms with Gasteiger partial charge in [-0.1, -0.05) is 17.7 Å². The fourth-order valence-electron chi connectivity index (χ4n) is 4.77. The first-order valence-corrected chi connectivity index (χ1v) is 12.6. The molecule has 1 amide bonds. The Morgan fingerprint density at radius 3 is 2.67 bits per heavy atom. The summed E-state index contributed by atoms with van der Waals surface area (Å²) >= 11 is 0. The van der Waals surface area contributed by atoms with Crippen LogP contribution in [0.5, 0.6) is 11.5 Å². The minimum Gasteiger partial charge on any atom is -0.504 e. The predicted octanol–water partition coefficient (Wildman–Crippen LogP) is 2.94. The molecule has 3 aromatic rings. The average Bonchev–Trinajstić information content (AvgIpc) is 3.27. The number of carbonyl (C=O) groups is 1. The maximum atomic E-state index is 13.6. The minimum atomic E-state index is -3.29. The number of ether oxygens (including phenoxy) is 1. The van der Waals surface area contributed by atoms with Crippen molar-refractivity contribution in [3.63, 3.8) is 0 Å². The van der Waals surface area contributed by atoms with Gasteiger partial charge < -0.3 is 19.2 Å². The van der Waals surface area contributed by atoms with Gasteiger partial charge in [0.1, 0.15) is 5.58 Å². The number of hydrogen-bond donors (Lipinski definition) is 1. The number of benzene rings is 2. The molecule has 172 valence electrons. The van der Waals surface area contributed by atoms with Crippen molar-refractivity contribution in [1.82, 2.24) is 4.90 Å². The summed E-state index contributed by atoms with van der Waals surface area (Å²) in [5.41, 5.74) is 1.56. The van der Waals surface area contributed by atoms with Crippen LogP contribution in [0.4, 0.5) is 0 Å². The van der Waals surface area contributed by atoms with Crippen LogP contribution in [0.1, 0.15) is 46.6 Å². The van der Waals surface area contributed by atoms with Gasteiger partial charge in [-0.25, -0.2) is 8.42 Å². The molecule has 5 rings (SSSR count). The van der Waals surface area contributed by atoms with Gasteiger partial charge >= 0.3 is 0 Å². The number of aromatic hydroxyl groups is 1. The third-order valence-electron chi connectivity index (χ3n) is 6.26. The Kier molecular flexibility index (Phi) is 4.97. The number of amides is 1. The zero-order valence-corrected chi connectivity index (χ0v) is 19.0. The van der Waals surface area contributed by atoms with Crippen LogP contribution in [-0.2, 0) is 9.84 Å². The topological polar surface area (TPSA) is 114 Å². The Hall–Kier alpha value is -3.33. The number of phenolic OH excluding ortho intramolecular Hbond substituents is 1. The van der Waals surface area contributed by atoms with E-state index in [1.165, 1.54) is 11.0 Å². The Balaban J connectivity index is 1.76. The van der Waals surface area contributed by atoms with Crippen LogP contribution in [0.2, 0.25) is 0 Å². The first-order chi connectivity index (χ1) is 15.7. The Bertz CT molecular complexity index is 1460. The molecule has 0 bridgehead atoms. The molecule has 2 aliphatic rings. The molecule has 2 aliphatic heterocycles. The zero-order valence-electron chi connectivity index (χ0n) is 18.2. The maximum absolute atomic E-state index is 13.6. The lowest BCUT2D eigenvalue weighted by Gasteiger charge is -2.30. The third-order valence-corrected chi connectivity index (χ3v) is 8.01. The van der Waals surface area contributed by atoms with E-state index in [4.69, 9.17) is 9.15 Å². The van der Waals surface area contributed by atoms with Crippen molar-refractivity contribution in [2.45, 2.75) is 32.4 Å². The van der Waals surface area contributed by atoms with Crippen LogP contribution in [0.25, 0.3) is 11.0 Å². The second-order valence-electron chi connectivity index (χ2n) is 8.51. The summed E-state index contributed by atoms with van der Waals surface area (Å²) in [7, 11) is -3.29. The molecule has 1 aromatic heterocycles. The molecule has 0 aliphatic carbocycles. The van der Waals surface area contributed by atoms with Gasteiger partial charge in [-0.15, -0.1) is 0 Å². The third kappa shape index (κ3) is 3.47. The second-order valence-corrected chi connectivity index (χ2v) is 10.7. The van der Waals surface area contributed by atoms with Crippen LogP contribution in [0.15, 0.2) is 45.6 Å². The van der Waals surface area contributed by atoms with Gasteiger partial charge in [0.2, 0.25) is 5.76 Å². The van der Waals surface area contributed by atoms with E-state index in [0.29, 0.717) is 23.1 Å². The van der Waals surface area contributed by atoms with Crippen LogP contribution in [0, 0.1) is 6.92 Å². The maximum Gasteiger partial charge on any atom is 0.291 e. The van der Waals surface area contributed by atoms with Crippen molar-refractivity contribution >= 4 is 26.7 Å². The summed E-state index contributed by atoms with van der Waals surface area (Å²) in [4.78, 5) is 28.6. The summed E-state index contributed by atoms with van der Waals surface area (Å²) in [6.45, 7) is 3.95. The van der Waals surface area contributed by atoms with Gasteiger partial charge in [0.05, 0.1) is 35.1 Å². The molecule has 0 spiro atoms. The van der Waals surface area contributed by atoms with Crippen molar-refractivity contribution in [3.8, 4) is 11.5 Å². The Morgan fingerprint density at radius 1 is 1.18 bits per heavy atom. The van der Waals surface area contributed by atoms with Gasteiger partial charge in [-0.2, -0.15) is 0 Å². The second kappa shape index (κ2) is 7.62. The van der Waals surface area contributed by atoms with Crippen molar-refractivity contribution in [2.75, 3.05) is 18.1 Å². The zero-order chi connectivity index (χ0) is 23.5. The highest BCUT2D eigenvalue weighted by Gasteiger charge is 2.48. The molecule has 2 unspecified atom stereocenters. The number of fused-ring (bicyclic) bond motifs is 2. The number of rotatable bonds is 4. The number of sulfone groups is 1. The van der Waals surface area contributed by atoms with Crippen molar-refractivity contribution in [2.24, 2.45) is 0 Å². The van der Waals surface area contributed by atoms with Crippen LogP contribution in [0.3, 0.4) is 0 Å². The Labute approximate surface area is 190 Å². The van der Waals surface area contributed by atoms with Gasteiger partial charge in [0, 0.05) is 6.04 Å². The molecule has 33 heavy (non-hydrogen) atoms. The molecular weight excluding hydrogens is 446 g/mol. The van der Waals surface area contributed by atoms with E-state index in [1.807, 2.05) is 6.92 Å². The lowest BCUT2D eigenvalue weighted by Crippen LogP contribution is -2.40. The average molecular weight is 470 g/mol. The monoisotopic (exact) mass is 469 g/mol. The van der Waals surface area contributed by atoms with E-state index in [-0.39, 0.29) is 46.2 Å². The number of hydrogen-bond acceptors (Lipinski definition) is 7. The quantitative estimate of drug-likeness (QED) is 0.625. The highest BCUT2D eigenvalue weighted by Crippen LogP contribution is 2.43. The van der Waals surface area contributed by atoms with E-state index in [1.54, 1.807) is 37.3 Å². The summed E-state index contributed by atoms with van der Waals surface area (Å²) in [6.07, 6.45) is 0.280. The standard InChI is InChI=1S/C24H23NO7S/c1-3-31-19-11-14(5-6-17(19)26)21-20-22(27)16-10-13(2)4-7-18(16)32-23(20)24(28)25(21)15-8-9-33(29,30)12-15/h4-7,10-11,15,21,26H,3,8-9,12H2,1-2H3. The van der Waals surface area contributed by atoms with E-state index in [2.05, 4.69) is 0 Å². The molecule has 8 nitrogen and oxygen atoms in total. The molecule has 1 fully saturated rings. The highest BCUT2D eigenvalue weighted by molar-refractivity contribution is 7.91. The van der Waals surface area contributed by atoms with Crippen molar-refractivity contribution < 1.29 is 27.5 Å². The molecular formula is C24H23NO7S. The van der Waals surface area contributed by atoms with Crippen molar-refractivity contribution in [3.05, 3.63) is 69.1 Å². The first kappa shape index (κ1) is 21.5. The fourth-order valence-corrected chi connectivity index (χ4v) is 6.49.